The van der Waals surface area contributed by atoms with Crippen molar-refractivity contribution in [3.8, 4) is 0 Å². The van der Waals surface area contributed by atoms with Crippen LogP contribution < -0.4 is 4.89 Å². The molecule has 6 heteroatoms. The third kappa shape index (κ3) is 5.65. The zero-order valence-corrected chi connectivity index (χ0v) is 8.47. The van der Waals surface area contributed by atoms with E-state index in [-0.39, 0.29) is 0 Å². The van der Waals surface area contributed by atoms with Crippen molar-refractivity contribution in [1.29, 1.82) is 0 Å². The molecule has 0 bridgehead atoms. The van der Waals surface area contributed by atoms with E-state index in [4.69, 9.17) is 4.89 Å². The molecule has 1 unspecified atom stereocenters. The van der Waals surface area contributed by atoms with Gasteiger partial charge in [0.05, 0.1) is 0 Å². The SMILES string of the molecule is CCSOP([O-])(O)=[S+]CC. The Hall–Kier alpha value is 0.880. The summed E-state index contributed by atoms with van der Waals surface area (Å²) in [5.74, 6) is 1.28. The van der Waals surface area contributed by atoms with Crippen LogP contribution in [0.1, 0.15) is 13.8 Å². The first kappa shape index (κ1) is 10.9. The standard InChI is InChI=1S/C4H11O3PS2/c1-3-9-7-8(5,6)10-4-2/h3-4H2,1-2H3,(H-,5,6). The Morgan fingerprint density at radius 3 is 2.70 bits per heavy atom. The van der Waals surface area contributed by atoms with Gasteiger partial charge in [0.25, 0.3) is 0 Å². The minimum Gasteiger partial charge on any atom is -0.741 e. The molecule has 0 aliphatic heterocycles. The molecule has 10 heavy (non-hydrogen) atoms. The Morgan fingerprint density at radius 2 is 2.30 bits per heavy atom. The molecule has 0 saturated carbocycles. The van der Waals surface area contributed by atoms with Crippen LogP contribution in [0.25, 0.3) is 0 Å². The smallest absolute Gasteiger partial charge is 0.327 e. The van der Waals surface area contributed by atoms with Crippen LogP contribution in [-0.4, -0.2) is 16.4 Å². The van der Waals surface area contributed by atoms with Gasteiger partial charge in [0.15, 0.2) is 16.7 Å². The molecule has 0 spiro atoms. The van der Waals surface area contributed by atoms with Crippen LogP contribution in [-0.2, 0) is 14.9 Å². The summed E-state index contributed by atoms with van der Waals surface area (Å²) in [6.45, 7) is 0.346. The lowest BCUT2D eigenvalue weighted by atomic mass is 11.0. The molecule has 0 radical (unpaired) electrons. The van der Waals surface area contributed by atoms with Crippen LogP contribution in [0.3, 0.4) is 0 Å². The third-order valence-corrected chi connectivity index (χ3v) is 4.85. The molecular weight excluding hydrogens is 191 g/mol. The molecule has 1 N–H and O–H groups in total. The Bertz CT molecular complexity index is 132. The van der Waals surface area contributed by atoms with E-state index in [9.17, 15) is 4.89 Å². The molecule has 0 aliphatic carbocycles. The minimum atomic E-state index is -3.33. The van der Waals surface area contributed by atoms with Gasteiger partial charge in [-0.3, -0.25) is 0 Å². The molecule has 0 aromatic heterocycles. The highest BCUT2D eigenvalue weighted by Crippen LogP contribution is 2.38. The summed E-state index contributed by atoms with van der Waals surface area (Å²) < 4.78 is 4.61. The monoisotopic (exact) mass is 202 g/mol. The fourth-order valence-corrected chi connectivity index (χ4v) is 3.51. The normalized spacial score (nSPS) is 16.4. The highest BCUT2D eigenvalue weighted by molar-refractivity contribution is 8.19. The summed E-state index contributed by atoms with van der Waals surface area (Å²) in [7, 11) is 0.942. The van der Waals surface area contributed by atoms with Gasteiger partial charge in [-0.2, -0.15) is 0 Å². The quantitative estimate of drug-likeness (QED) is 0.416. The van der Waals surface area contributed by atoms with Crippen molar-refractivity contribution in [2.24, 2.45) is 0 Å². The second-order valence-corrected chi connectivity index (χ2v) is 6.71. The van der Waals surface area contributed by atoms with Crippen molar-refractivity contribution in [3.63, 3.8) is 0 Å². The number of rotatable bonds is 4. The molecule has 0 aromatic carbocycles. The van der Waals surface area contributed by atoms with Crippen LogP contribution in [0.15, 0.2) is 0 Å². The lowest BCUT2D eigenvalue weighted by Crippen LogP contribution is -2.02. The second-order valence-electron chi connectivity index (χ2n) is 1.37. The summed E-state index contributed by atoms with van der Waals surface area (Å²) in [6.07, 6.45) is 0. The maximum absolute atomic E-state index is 10.8. The van der Waals surface area contributed by atoms with Gasteiger partial charge in [0.1, 0.15) is 0 Å². The van der Waals surface area contributed by atoms with Gasteiger partial charge >= 0.3 is 6.72 Å². The van der Waals surface area contributed by atoms with Gasteiger partial charge in [-0.25, -0.2) is 3.97 Å². The van der Waals surface area contributed by atoms with E-state index in [2.05, 4.69) is 3.97 Å². The Morgan fingerprint density at radius 1 is 1.70 bits per heavy atom. The van der Waals surface area contributed by atoms with Crippen LogP contribution in [0.2, 0.25) is 0 Å². The van der Waals surface area contributed by atoms with Gasteiger partial charge in [-0.05, 0) is 6.92 Å². The highest BCUT2D eigenvalue weighted by Gasteiger charge is 2.11. The zero-order chi connectivity index (χ0) is 8.04. The molecule has 3 nitrogen and oxygen atoms in total. The van der Waals surface area contributed by atoms with Gasteiger partial charge in [0.2, 0.25) is 0 Å². The number of hydrogen-bond donors (Lipinski definition) is 1. The van der Waals surface area contributed by atoms with E-state index in [1.54, 1.807) is 0 Å². The second kappa shape index (κ2) is 5.52. The molecule has 0 aromatic rings. The summed E-state index contributed by atoms with van der Waals surface area (Å²) in [5, 5.41) is 0. The first-order valence-corrected chi connectivity index (χ1v) is 6.98. The van der Waals surface area contributed by atoms with E-state index < -0.39 is 6.72 Å². The fourth-order valence-electron chi connectivity index (χ4n) is 0.304. The van der Waals surface area contributed by atoms with Gasteiger partial charge in [0, 0.05) is 17.8 Å². The number of hydrogen-bond acceptors (Lipinski definition) is 3. The Labute approximate surface area is 69.2 Å². The maximum atomic E-state index is 10.8. The molecule has 1 atom stereocenters. The van der Waals surface area contributed by atoms with Crippen molar-refractivity contribution < 1.29 is 13.8 Å². The van der Waals surface area contributed by atoms with E-state index >= 15 is 0 Å². The van der Waals surface area contributed by atoms with E-state index in [1.807, 2.05) is 13.8 Å². The van der Waals surface area contributed by atoms with E-state index in [0.717, 1.165) is 23.0 Å². The average molecular weight is 202 g/mol. The highest BCUT2D eigenvalue weighted by atomic mass is 32.5. The first-order valence-electron chi connectivity index (χ1n) is 2.91. The zero-order valence-electron chi connectivity index (χ0n) is 5.94. The van der Waals surface area contributed by atoms with Crippen LogP contribution in [0, 0.1) is 0 Å². The van der Waals surface area contributed by atoms with E-state index in [1.165, 1.54) is 0 Å². The fraction of sp³-hybridized carbons (Fsp3) is 1.00. The van der Waals surface area contributed by atoms with Gasteiger partial charge < -0.3 is 9.79 Å². The largest absolute Gasteiger partial charge is 0.741 e. The van der Waals surface area contributed by atoms with Crippen molar-refractivity contribution in [3.05, 3.63) is 0 Å². The summed E-state index contributed by atoms with van der Waals surface area (Å²) >= 11 is 1.02. The topological polar surface area (TPSA) is 52.5 Å². The van der Waals surface area contributed by atoms with Crippen molar-refractivity contribution in [2.45, 2.75) is 13.8 Å². The van der Waals surface area contributed by atoms with Crippen molar-refractivity contribution in [1.82, 2.24) is 0 Å². The molecule has 62 valence electrons. The molecule has 0 rings (SSSR count). The van der Waals surface area contributed by atoms with Crippen LogP contribution in [0.5, 0.6) is 0 Å². The minimum absolute atomic E-state index is 0.595. The molecule has 0 fully saturated rings. The van der Waals surface area contributed by atoms with Crippen molar-refractivity contribution in [2.75, 3.05) is 11.5 Å². The Kier molecular flexibility index (Phi) is 6.01. The van der Waals surface area contributed by atoms with Crippen LogP contribution in [0.4, 0.5) is 0 Å². The summed E-state index contributed by atoms with van der Waals surface area (Å²) in [6, 6.07) is 0. The molecule has 0 saturated heterocycles. The molecule has 0 amide bonds. The summed E-state index contributed by atoms with van der Waals surface area (Å²) in [4.78, 5) is 19.8. The predicted octanol–water partition coefficient (Wildman–Crippen LogP) is 0.804. The van der Waals surface area contributed by atoms with Gasteiger partial charge in [-0.1, -0.05) is 6.92 Å². The van der Waals surface area contributed by atoms with E-state index in [0.29, 0.717) is 11.5 Å². The first-order chi connectivity index (χ1) is 4.62. The predicted molar refractivity (Wildman–Crippen MR) is 46.3 cm³/mol. The average Bonchev–Trinajstić information content (AvgIpc) is 1.84. The lowest BCUT2D eigenvalue weighted by molar-refractivity contribution is -0.192. The van der Waals surface area contributed by atoms with Gasteiger partial charge in [-0.15, -0.1) is 0 Å². The molecular formula is C4H11O3PS2. The maximum Gasteiger partial charge on any atom is 0.327 e. The molecule has 0 heterocycles. The van der Waals surface area contributed by atoms with Crippen LogP contribution >= 0.6 is 18.8 Å². The third-order valence-electron chi connectivity index (χ3n) is 0.557. The lowest BCUT2D eigenvalue weighted by Gasteiger charge is -2.10. The molecule has 0 aliphatic rings. The Balaban J connectivity index is 3.74. The van der Waals surface area contributed by atoms with Crippen molar-refractivity contribution >= 4 is 29.7 Å². The summed E-state index contributed by atoms with van der Waals surface area (Å²) in [5.41, 5.74) is 0.